The summed E-state index contributed by atoms with van der Waals surface area (Å²) in [4.78, 5) is 26.7. The summed E-state index contributed by atoms with van der Waals surface area (Å²) in [7, 11) is 0. The van der Waals surface area contributed by atoms with Crippen LogP contribution in [0, 0.1) is 5.92 Å². The first-order valence-electron chi connectivity index (χ1n) is 10.7. The molecule has 2 aliphatic rings. The molecule has 0 atom stereocenters. The van der Waals surface area contributed by atoms with E-state index in [0.717, 1.165) is 17.1 Å². The molecule has 0 saturated carbocycles. The number of piperidine rings is 1. The lowest BCUT2D eigenvalue weighted by Gasteiger charge is -2.34. The molecule has 10 heteroatoms. The van der Waals surface area contributed by atoms with Crippen LogP contribution in [0.3, 0.4) is 0 Å². The van der Waals surface area contributed by atoms with Gasteiger partial charge >= 0.3 is 6.18 Å². The Morgan fingerprint density at radius 2 is 1.76 bits per heavy atom. The van der Waals surface area contributed by atoms with E-state index in [1.807, 2.05) is 29.2 Å². The van der Waals surface area contributed by atoms with Gasteiger partial charge in [0.2, 0.25) is 5.91 Å². The van der Waals surface area contributed by atoms with Gasteiger partial charge in [-0.25, -0.2) is 0 Å². The van der Waals surface area contributed by atoms with E-state index in [2.05, 4.69) is 5.32 Å². The van der Waals surface area contributed by atoms with E-state index in [-0.39, 0.29) is 38.3 Å². The number of fused-ring (bicyclic) bond motifs is 1. The first kappa shape index (κ1) is 22.8. The number of nitrogens with one attached hydrogen (secondary N) is 1. The molecular weight excluding hydrogens is 437 g/mol. The highest BCUT2D eigenvalue weighted by molar-refractivity contribution is 5.98. The van der Waals surface area contributed by atoms with Crippen LogP contribution in [0.2, 0.25) is 0 Å². The fourth-order valence-electron chi connectivity index (χ4n) is 4.14. The topological polar surface area (TPSA) is 87.9 Å². The van der Waals surface area contributed by atoms with Crippen LogP contribution >= 0.6 is 0 Å². The van der Waals surface area contributed by atoms with Crippen LogP contribution < -0.4 is 25.6 Å². The molecule has 1 fully saturated rings. The molecular formula is C23H25F3N4O3. The maximum Gasteiger partial charge on any atom is 0.391 e. The number of rotatable bonds is 6. The van der Waals surface area contributed by atoms with Gasteiger partial charge in [-0.1, -0.05) is 0 Å². The van der Waals surface area contributed by atoms with E-state index in [1.165, 1.54) is 4.90 Å². The lowest BCUT2D eigenvalue weighted by atomic mass is 9.96. The molecule has 1 saturated heterocycles. The van der Waals surface area contributed by atoms with Crippen LogP contribution in [-0.4, -0.2) is 44.2 Å². The predicted octanol–water partition coefficient (Wildman–Crippen LogP) is 3.81. The smallest absolute Gasteiger partial charge is 0.391 e. The van der Waals surface area contributed by atoms with Gasteiger partial charge in [0.25, 0.3) is 5.91 Å². The van der Waals surface area contributed by atoms with E-state index in [9.17, 15) is 22.8 Å². The van der Waals surface area contributed by atoms with Gasteiger partial charge in [-0.15, -0.1) is 0 Å². The van der Waals surface area contributed by atoms with Crippen LogP contribution in [0.1, 0.15) is 19.3 Å². The molecule has 0 aliphatic carbocycles. The minimum atomic E-state index is -4.12. The summed E-state index contributed by atoms with van der Waals surface area (Å²) in [6, 6.07) is 12.8. The summed E-state index contributed by atoms with van der Waals surface area (Å²) in [6.07, 6.45) is -3.84. The molecule has 2 amide bonds. The summed E-state index contributed by atoms with van der Waals surface area (Å²) in [5.41, 5.74) is 8.22. The number of halogens is 3. The van der Waals surface area contributed by atoms with Gasteiger partial charge in [0.15, 0.2) is 6.61 Å². The lowest BCUT2D eigenvalue weighted by Crippen LogP contribution is -2.40. The van der Waals surface area contributed by atoms with Crippen LogP contribution in [0.5, 0.6) is 5.75 Å². The zero-order chi connectivity index (χ0) is 23.6. The van der Waals surface area contributed by atoms with Crippen molar-refractivity contribution >= 4 is 34.6 Å². The van der Waals surface area contributed by atoms with Gasteiger partial charge in [-0.3, -0.25) is 9.59 Å². The van der Waals surface area contributed by atoms with Crippen molar-refractivity contribution < 1.29 is 27.5 Å². The van der Waals surface area contributed by atoms with E-state index in [0.29, 0.717) is 24.5 Å². The van der Waals surface area contributed by atoms with Gasteiger partial charge in [0, 0.05) is 49.2 Å². The Kier molecular flexibility index (Phi) is 6.35. The molecule has 2 aromatic carbocycles. The standard InChI is InChI=1S/C23H25F3N4O3/c24-23(25,26)15-7-10-29(11-8-15)18-4-1-16(2-5-18)28-17-3-6-19-20(13-17)33-14-22(32)30(19)12-9-21(27)31/h1-6,13,15,28H,7-12,14H2,(H2,27,31). The number of nitrogens with two attached hydrogens (primary N) is 1. The van der Waals surface area contributed by atoms with Crippen LogP contribution in [0.4, 0.5) is 35.9 Å². The molecule has 33 heavy (non-hydrogen) atoms. The number of hydrogen-bond acceptors (Lipinski definition) is 5. The van der Waals surface area contributed by atoms with Crippen molar-refractivity contribution in [3.63, 3.8) is 0 Å². The van der Waals surface area contributed by atoms with Crippen molar-refractivity contribution in [3.05, 3.63) is 42.5 Å². The quantitative estimate of drug-likeness (QED) is 0.682. The number of carbonyl (C=O) groups is 2. The Morgan fingerprint density at radius 3 is 2.39 bits per heavy atom. The van der Waals surface area contributed by atoms with Gasteiger partial charge in [0.05, 0.1) is 11.6 Å². The van der Waals surface area contributed by atoms with Crippen molar-refractivity contribution in [1.29, 1.82) is 0 Å². The lowest BCUT2D eigenvalue weighted by molar-refractivity contribution is -0.179. The molecule has 0 spiro atoms. The van der Waals surface area contributed by atoms with Gasteiger partial charge in [-0.2, -0.15) is 13.2 Å². The molecule has 2 aromatic rings. The van der Waals surface area contributed by atoms with Gasteiger partial charge < -0.3 is 25.6 Å². The van der Waals surface area contributed by atoms with Crippen molar-refractivity contribution in [2.75, 3.05) is 41.4 Å². The van der Waals surface area contributed by atoms with Gasteiger partial charge in [0.1, 0.15) is 5.75 Å². The number of primary amides is 1. The number of carbonyl (C=O) groups excluding carboxylic acids is 2. The monoisotopic (exact) mass is 462 g/mol. The van der Waals surface area contributed by atoms with E-state index < -0.39 is 18.0 Å². The van der Waals surface area contributed by atoms with Crippen molar-refractivity contribution in [1.82, 2.24) is 0 Å². The predicted molar refractivity (Wildman–Crippen MR) is 119 cm³/mol. The zero-order valence-electron chi connectivity index (χ0n) is 17.9. The summed E-state index contributed by atoms with van der Waals surface area (Å²) >= 11 is 0. The minimum Gasteiger partial charge on any atom is -0.481 e. The number of anilines is 4. The highest BCUT2D eigenvalue weighted by atomic mass is 19.4. The van der Waals surface area contributed by atoms with Crippen LogP contribution in [0.25, 0.3) is 0 Å². The summed E-state index contributed by atoms with van der Waals surface area (Å²) in [5.74, 6) is -1.42. The number of hydrogen-bond donors (Lipinski definition) is 2. The number of amides is 2. The number of ether oxygens (including phenoxy) is 1. The maximum atomic E-state index is 12.9. The molecule has 176 valence electrons. The summed E-state index contributed by atoms with van der Waals surface area (Å²) in [6.45, 7) is 0.835. The molecule has 2 heterocycles. The maximum absolute atomic E-state index is 12.9. The Bertz CT molecular complexity index is 1020. The largest absolute Gasteiger partial charge is 0.481 e. The van der Waals surface area contributed by atoms with Crippen molar-refractivity contribution in [2.45, 2.75) is 25.4 Å². The van der Waals surface area contributed by atoms with Gasteiger partial charge in [-0.05, 0) is 49.2 Å². The third-order valence-electron chi connectivity index (χ3n) is 5.96. The molecule has 0 radical (unpaired) electrons. The third-order valence-corrected chi connectivity index (χ3v) is 5.96. The zero-order valence-corrected chi connectivity index (χ0v) is 17.9. The molecule has 7 nitrogen and oxygen atoms in total. The fourth-order valence-corrected chi connectivity index (χ4v) is 4.14. The van der Waals surface area contributed by atoms with E-state index in [1.54, 1.807) is 18.2 Å². The molecule has 0 bridgehead atoms. The normalized spacial score (nSPS) is 16.9. The number of alkyl halides is 3. The average molecular weight is 462 g/mol. The Hall–Kier alpha value is -3.43. The molecule has 2 aliphatic heterocycles. The molecule has 3 N–H and O–H groups in total. The fraction of sp³-hybridized carbons (Fsp3) is 0.391. The summed E-state index contributed by atoms with van der Waals surface area (Å²) in [5, 5.41) is 3.26. The first-order valence-corrected chi connectivity index (χ1v) is 10.7. The first-order chi connectivity index (χ1) is 15.7. The van der Waals surface area contributed by atoms with Crippen LogP contribution in [-0.2, 0) is 9.59 Å². The number of benzene rings is 2. The highest BCUT2D eigenvalue weighted by Crippen LogP contribution is 2.37. The second-order valence-corrected chi connectivity index (χ2v) is 8.21. The van der Waals surface area contributed by atoms with E-state index in [4.69, 9.17) is 10.5 Å². The molecule has 0 aromatic heterocycles. The summed E-state index contributed by atoms with van der Waals surface area (Å²) < 4.78 is 44.2. The minimum absolute atomic E-state index is 0.0609. The Labute approximate surface area is 189 Å². The number of nitrogens with zero attached hydrogens (tertiary/aromatic N) is 2. The molecule has 4 rings (SSSR count). The third kappa shape index (κ3) is 5.32. The van der Waals surface area contributed by atoms with Crippen molar-refractivity contribution in [3.8, 4) is 5.75 Å². The average Bonchev–Trinajstić information content (AvgIpc) is 2.78. The van der Waals surface area contributed by atoms with Crippen LogP contribution in [0.15, 0.2) is 42.5 Å². The Balaban J connectivity index is 1.40. The SMILES string of the molecule is NC(=O)CCN1C(=O)COc2cc(Nc3ccc(N4CCC(C(F)(F)F)CC4)cc3)ccc21. The highest BCUT2D eigenvalue weighted by Gasteiger charge is 2.41. The Morgan fingerprint density at radius 1 is 1.09 bits per heavy atom. The molecule has 0 unspecified atom stereocenters. The second-order valence-electron chi connectivity index (χ2n) is 8.21. The second kappa shape index (κ2) is 9.21. The van der Waals surface area contributed by atoms with E-state index >= 15 is 0 Å². The van der Waals surface area contributed by atoms with Crippen molar-refractivity contribution in [2.24, 2.45) is 11.7 Å².